The Balaban J connectivity index is 1.75. The number of carbonyl (C=O) groups excluding carboxylic acids is 2. The molecule has 2 aliphatic rings. The number of imide groups is 1. The van der Waals surface area contributed by atoms with Crippen LogP contribution in [0.4, 0.5) is 0 Å². The summed E-state index contributed by atoms with van der Waals surface area (Å²) in [5, 5.41) is 8.98. The minimum Gasteiger partial charge on any atom is -0.392 e. The predicted molar refractivity (Wildman–Crippen MR) is 68.7 cm³/mol. The molecule has 0 radical (unpaired) electrons. The highest BCUT2D eigenvalue weighted by Crippen LogP contribution is 2.63. The molecule has 2 unspecified atom stereocenters. The molecule has 19 heavy (non-hydrogen) atoms. The summed E-state index contributed by atoms with van der Waals surface area (Å²) in [5.41, 5.74) is 1.59. The number of piperidine rings is 1. The standard InChI is InChI=1S/C15H17NO3/c1-15(2)11-12(15)14(19)16(13(11)18)7-9-3-5-10(8-17)6-4-9/h3-6,11-12,17H,7-8H2,1-2H3. The van der Waals surface area contributed by atoms with Crippen LogP contribution in [0.15, 0.2) is 24.3 Å². The second kappa shape index (κ2) is 3.90. The molecule has 0 spiro atoms. The van der Waals surface area contributed by atoms with Crippen molar-refractivity contribution in [3.8, 4) is 0 Å². The van der Waals surface area contributed by atoms with Crippen molar-refractivity contribution in [3.63, 3.8) is 0 Å². The molecule has 1 saturated heterocycles. The van der Waals surface area contributed by atoms with Gasteiger partial charge in [0.1, 0.15) is 0 Å². The zero-order chi connectivity index (χ0) is 13.8. The van der Waals surface area contributed by atoms with E-state index >= 15 is 0 Å². The van der Waals surface area contributed by atoms with Gasteiger partial charge in [0, 0.05) is 0 Å². The Kier molecular flexibility index (Phi) is 2.54. The molecule has 0 aromatic heterocycles. The largest absolute Gasteiger partial charge is 0.392 e. The molecular formula is C15H17NO3. The first-order valence-electron chi connectivity index (χ1n) is 6.50. The molecule has 1 aromatic rings. The van der Waals surface area contributed by atoms with Crippen molar-refractivity contribution in [2.75, 3.05) is 0 Å². The normalized spacial score (nSPS) is 27.6. The van der Waals surface area contributed by atoms with E-state index in [-0.39, 0.29) is 35.7 Å². The average molecular weight is 259 g/mol. The third kappa shape index (κ3) is 1.70. The van der Waals surface area contributed by atoms with Crippen molar-refractivity contribution in [2.45, 2.75) is 27.0 Å². The molecule has 2 fully saturated rings. The van der Waals surface area contributed by atoms with Crippen molar-refractivity contribution in [3.05, 3.63) is 35.4 Å². The fourth-order valence-corrected chi connectivity index (χ4v) is 3.09. The summed E-state index contributed by atoms with van der Waals surface area (Å²) in [6, 6.07) is 7.32. The lowest BCUT2D eigenvalue weighted by Gasteiger charge is -2.20. The Morgan fingerprint density at radius 1 is 1.05 bits per heavy atom. The van der Waals surface area contributed by atoms with E-state index in [1.54, 1.807) is 0 Å². The van der Waals surface area contributed by atoms with Gasteiger partial charge in [-0.15, -0.1) is 0 Å². The van der Waals surface area contributed by atoms with Crippen molar-refractivity contribution < 1.29 is 14.7 Å². The monoisotopic (exact) mass is 259 g/mol. The predicted octanol–water partition coefficient (Wildman–Crippen LogP) is 1.32. The molecule has 1 aromatic carbocycles. The first-order valence-corrected chi connectivity index (χ1v) is 6.50. The van der Waals surface area contributed by atoms with Gasteiger partial charge in [0.2, 0.25) is 11.8 Å². The number of aliphatic hydroxyl groups is 1. The van der Waals surface area contributed by atoms with Gasteiger partial charge in [0.25, 0.3) is 0 Å². The average Bonchev–Trinajstić information content (AvgIpc) is 2.87. The van der Waals surface area contributed by atoms with E-state index in [0.717, 1.165) is 11.1 Å². The minimum absolute atomic E-state index is 0.000191. The Labute approximate surface area is 112 Å². The number of likely N-dealkylation sites (tertiary alicyclic amines) is 1. The summed E-state index contributed by atoms with van der Waals surface area (Å²) < 4.78 is 0. The zero-order valence-electron chi connectivity index (χ0n) is 11.1. The highest BCUT2D eigenvalue weighted by Gasteiger charge is 2.72. The molecule has 4 nitrogen and oxygen atoms in total. The molecule has 1 saturated carbocycles. The third-order valence-corrected chi connectivity index (χ3v) is 4.44. The smallest absolute Gasteiger partial charge is 0.233 e. The number of fused-ring (bicyclic) bond motifs is 1. The number of carbonyl (C=O) groups is 2. The number of hydrogen-bond acceptors (Lipinski definition) is 3. The fraction of sp³-hybridized carbons (Fsp3) is 0.467. The van der Waals surface area contributed by atoms with Crippen molar-refractivity contribution in [1.82, 2.24) is 4.90 Å². The topological polar surface area (TPSA) is 57.6 Å². The summed E-state index contributed by atoms with van der Waals surface area (Å²) >= 11 is 0. The number of rotatable bonds is 3. The van der Waals surface area contributed by atoms with Crippen LogP contribution in [0, 0.1) is 17.3 Å². The highest BCUT2D eigenvalue weighted by molar-refractivity contribution is 6.10. The summed E-state index contributed by atoms with van der Waals surface area (Å²) in [7, 11) is 0. The summed E-state index contributed by atoms with van der Waals surface area (Å²) in [6.45, 7) is 4.30. The first-order chi connectivity index (χ1) is 8.96. The molecule has 1 heterocycles. The maximum absolute atomic E-state index is 12.2. The van der Waals surface area contributed by atoms with Gasteiger partial charge in [-0.05, 0) is 16.5 Å². The van der Waals surface area contributed by atoms with Crippen LogP contribution < -0.4 is 0 Å². The number of hydrogen-bond donors (Lipinski definition) is 1. The Bertz CT molecular complexity index is 523. The molecule has 1 N–H and O–H groups in total. The molecule has 1 aliphatic carbocycles. The zero-order valence-corrected chi connectivity index (χ0v) is 11.1. The second-order valence-electron chi connectivity index (χ2n) is 6.01. The van der Waals surface area contributed by atoms with Crippen molar-refractivity contribution in [2.24, 2.45) is 17.3 Å². The van der Waals surface area contributed by atoms with Gasteiger partial charge in [-0.1, -0.05) is 38.1 Å². The maximum Gasteiger partial charge on any atom is 0.233 e. The van der Waals surface area contributed by atoms with Crippen LogP contribution >= 0.6 is 0 Å². The fourth-order valence-electron chi connectivity index (χ4n) is 3.09. The molecule has 2 atom stereocenters. The lowest BCUT2D eigenvalue weighted by Crippen LogP contribution is -2.35. The van der Waals surface area contributed by atoms with Gasteiger partial charge >= 0.3 is 0 Å². The van der Waals surface area contributed by atoms with E-state index < -0.39 is 0 Å². The second-order valence-corrected chi connectivity index (χ2v) is 6.01. The number of aliphatic hydroxyl groups excluding tert-OH is 1. The van der Waals surface area contributed by atoms with Gasteiger partial charge in [0.15, 0.2) is 0 Å². The van der Waals surface area contributed by atoms with E-state index in [1.807, 2.05) is 38.1 Å². The van der Waals surface area contributed by atoms with Crippen LogP contribution in [0.1, 0.15) is 25.0 Å². The minimum atomic E-state index is -0.147. The van der Waals surface area contributed by atoms with E-state index in [9.17, 15) is 9.59 Å². The van der Waals surface area contributed by atoms with Gasteiger partial charge < -0.3 is 5.11 Å². The molecule has 0 bridgehead atoms. The Hall–Kier alpha value is -1.68. The molecule has 100 valence electrons. The van der Waals surface area contributed by atoms with E-state index in [0.29, 0.717) is 6.54 Å². The van der Waals surface area contributed by atoms with Crippen LogP contribution in [0.2, 0.25) is 0 Å². The van der Waals surface area contributed by atoms with Crippen LogP contribution in [-0.4, -0.2) is 21.8 Å². The van der Waals surface area contributed by atoms with E-state index in [2.05, 4.69) is 0 Å². The summed E-state index contributed by atoms with van der Waals surface area (Å²) in [6.07, 6.45) is 0. The van der Waals surface area contributed by atoms with Crippen LogP contribution in [0.25, 0.3) is 0 Å². The lowest BCUT2D eigenvalue weighted by atomic mass is 10.0. The lowest BCUT2D eigenvalue weighted by molar-refractivity contribution is -0.143. The molecule has 2 amide bonds. The number of nitrogens with zero attached hydrogens (tertiary/aromatic N) is 1. The molecule has 3 rings (SSSR count). The van der Waals surface area contributed by atoms with Gasteiger partial charge in [-0.3, -0.25) is 14.5 Å². The number of amides is 2. The van der Waals surface area contributed by atoms with Crippen LogP contribution in [-0.2, 0) is 22.7 Å². The highest BCUT2D eigenvalue weighted by atomic mass is 16.3. The van der Waals surface area contributed by atoms with Crippen molar-refractivity contribution in [1.29, 1.82) is 0 Å². The third-order valence-electron chi connectivity index (χ3n) is 4.44. The molecule has 4 heteroatoms. The van der Waals surface area contributed by atoms with E-state index in [4.69, 9.17) is 5.11 Å². The first kappa shape index (κ1) is 12.4. The Morgan fingerprint density at radius 2 is 1.53 bits per heavy atom. The molecule has 1 aliphatic heterocycles. The van der Waals surface area contributed by atoms with Crippen LogP contribution in [0.3, 0.4) is 0 Å². The van der Waals surface area contributed by atoms with E-state index in [1.165, 1.54) is 4.90 Å². The van der Waals surface area contributed by atoms with Gasteiger partial charge in [-0.2, -0.15) is 0 Å². The molecular weight excluding hydrogens is 242 g/mol. The summed E-state index contributed by atoms with van der Waals surface area (Å²) in [5.74, 6) is -0.300. The van der Waals surface area contributed by atoms with Crippen LogP contribution in [0.5, 0.6) is 0 Å². The van der Waals surface area contributed by atoms with Crippen molar-refractivity contribution >= 4 is 11.8 Å². The number of benzene rings is 1. The maximum atomic E-state index is 12.2. The van der Waals surface area contributed by atoms with Gasteiger partial charge in [-0.25, -0.2) is 0 Å². The Morgan fingerprint density at radius 3 is 2.00 bits per heavy atom. The summed E-state index contributed by atoms with van der Waals surface area (Å²) in [4.78, 5) is 25.7. The van der Waals surface area contributed by atoms with Gasteiger partial charge in [0.05, 0.1) is 25.0 Å². The quantitative estimate of drug-likeness (QED) is 0.833. The SMILES string of the molecule is CC1(C)C2C(=O)N(Cc3ccc(CO)cc3)C(=O)C21.